The average Bonchev–Trinajstić information content (AvgIpc) is 3.21. The van der Waals surface area contributed by atoms with Gasteiger partial charge in [-0.3, -0.25) is 4.79 Å². The molecule has 0 aliphatic heterocycles. The van der Waals surface area contributed by atoms with Crippen molar-refractivity contribution >= 4 is 34.3 Å². The van der Waals surface area contributed by atoms with E-state index in [0.717, 1.165) is 16.6 Å². The summed E-state index contributed by atoms with van der Waals surface area (Å²) in [6.45, 7) is 5.82. The first-order valence-corrected chi connectivity index (χ1v) is 10.3. The van der Waals surface area contributed by atoms with Crippen LogP contribution in [0.2, 0.25) is 0 Å². The molecular weight excluding hydrogens is 406 g/mol. The second-order valence-electron chi connectivity index (χ2n) is 7.83. The molecule has 0 unspecified atom stereocenters. The van der Waals surface area contributed by atoms with Gasteiger partial charge in [0, 0.05) is 28.4 Å². The van der Waals surface area contributed by atoms with E-state index in [1.807, 2.05) is 38.1 Å². The first-order valence-electron chi connectivity index (χ1n) is 10.3. The third-order valence-electron chi connectivity index (χ3n) is 4.74. The number of ether oxygens (including phenoxy) is 1. The molecule has 0 amide bonds. The predicted molar refractivity (Wildman–Crippen MR) is 122 cm³/mol. The molecule has 2 heterocycles. The van der Waals surface area contributed by atoms with Crippen LogP contribution in [0.25, 0.3) is 22.3 Å². The van der Waals surface area contributed by atoms with Gasteiger partial charge in [-0.25, -0.2) is 14.8 Å². The minimum Gasteiger partial charge on any atom is -0.448 e. The largest absolute Gasteiger partial charge is 0.448 e. The van der Waals surface area contributed by atoms with E-state index < -0.39 is 6.09 Å². The van der Waals surface area contributed by atoms with Crippen molar-refractivity contribution in [1.82, 2.24) is 19.7 Å². The predicted octanol–water partition coefficient (Wildman–Crippen LogP) is 5.08. The van der Waals surface area contributed by atoms with Crippen LogP contribution in [0, 0.1) is 5.92 Å². The first kappa shape index (κ1) is 21.2. The summed E-state index contributed by atoms with van der Waals surface area (Å²) in [4.78, 5) is 32.8. The highest BCUT2D eigenvalue weighted by molar-refractivity contribution is 5.95. The lowest BCUT2D eigenvalue weighted by atomic mass is 10.1. The summed E-state index contributed by atoms with van der Waals surface area (Å²) >= 11 is 0. The minimum atomic E-state index is -0.498. The van der Waals surface area contributed by atoms with Crippen molar-refractivity contribution in [3.63, 3.8) is 0 Å². The van der Waals surface area contributed by atoms with Crippen molar-refractivity contribution in [3.05, 3.63) is 66.5 Å². The summed E-state index contributed by atoms with van der Waals surface area (Å²) in [7, 11) is 0. The van der Waals surface area contributed by atoms with Crippen molar-refractivity contribution in [3.8, 4) is 11.4 Å². The van der Waals surface area contributed by atoms with Gasteiger partial charge in [0.05, 0.1) is 18.3 Å². The highest BCUT2D eigenvalue weighted by Crippen LogP contribution is 2.23. The lowest BCUT2D eigenvalue weighted by molar-refractivity contribution is 0.101. The number of anilines is 2. The molecule has 4 aromatic rings. The molecule has 0 saturated carbocycles. The highest BCUT2D eigenvalue weighted by Gasteiger charge is 2.13. The molecule has 0 aliphatic carbocycles. The molecule has 1 N–H and O–H groups in total. The van der Waals surface area contributed by atoms with Gasteiger partial charge in [-0.1, -0.05) is 32.0 Å². The number of fused-ring (bicyclic) bond motifs is 1. The normalized spacial score (nSPS) is 11.0. The standard InChI is InChI=1S/C24H23N5O3/c1-15(2)14-32-24(31)29-21-8-7-20(12-19(21)13-26-29)27-22-9-10-25-23(28-22)18-6-4-5-17(11-18)16(3)30/h4-13,15H,14H2,1-3H3,(H,25,27,28). The Hall–Kier alpha value is -4.07. The van der Waals surface area contributed by atoms with E-state index in [9.17, 15) is 9.59 Å². The number of carbonyl (C=O) groups excluding carboxylic acids is 2. The summed E-state index contributed by atoms with van der Waals surface area (Å²) in [6, 6.07) is 14.5. The maximum atomic E-state index is 12.3. The SMILES string of the molecule is CC(=O)c1cccc(-c2nccc(Nc3ccc4c(cnn4C(=O)OCC(C)C)c3)n2)c1. The summed E-state index contributed by atoms with van der Waals surface area (Å²) < 4.78 is 6.52. The molecular formula is C24H23N5O3. The van der Waals surface area contributed by atoms with Crippen LogP contribution < -0.4 is 5.32 Å². The Labute approximate surface area is 185 Å². The maximum Gasteiger partial charge on any atom is 0.435 e. The molecule has 0 spiro atoms. The number of Topliss-reactive ketones (excluding diaryl/α,β-unsaturated/α-hetero) is 1. The number of ketones is 1. The number of hydrogen-bond acceptors (Lipinski definition) is 7. The van der Waals surface area contributed by atoms with E-state index in [-0.39, 0.29) is 11.7 Å². The van der Waals surface area contributed by atoms with Crippen LogP contribution in [0.3, 0.4) is 0 Å². The van der Waals surface area contributed by atoms with E-state index in [0.29, 0.717) is 29.3 Å². The molecule has 0 aliphatic rings. The van der Waals surface area contributed by atoms with Crippen molar-refractivity contribution in [1.29, 1.82) is 0 Å². The number of nitrogens with one attached hydrogen (secondary N) is 1. The van der Waals surface area contributed by atoms with Crippen LogP contribution >= 0.6 is 0 Å². The Morgan fingerprint density at radius 2 is 1.97 bits per heavy atom. The molecule has 0 fully saturated rings. The first-order chi connectivity index (χ1) is 15.4. The van der Waals surface area contributed by atoms with Gasteiger partial charge in [0.15, 0.2) is 11.6 Å². The summed E-state index contributed by atoms with van der Waals surface area (Å²) in [5.41, 5.74) is 2.82. The number of hydrogen-bond donors (Lipinski definition) is 1. The van der Waals surface area contributed by atoms with Gasteiger partial charge in [0.25, 0.3) is 0 Å². The van der Waals surface area contributed by atoms with E-state index in [2.05, 4.69) is 20.4 Å². The third-order valence-corrected chi connectivity index (χ3v) is 4.74. The molecule has 32 heavy (non-hydrogen) atoms. The summed E-state index contributed by atoms with van der Waals surface area (Å²) in [5.74, 6) is 1.36. The molecule has 2 aromatic carbocycles. The van der Waals surface area contributed by atoms with Gasteiger partial charge in [-0.15, -0.1) is 0 Å². The van der Waals surface area contributed by atoms with Crippen molar-refractivity contribution in [2.24, 2.45) is 5.92 Å². The molecule has 8 nitrogen and oxygen atoms in total. The summed E-state index contributed by atoms with van der Waals surface area (Å²) in [5, 5.41) is 8.20. The van der Waals surface area contributed by atoms with Gasteiger partial charge < -0.3 is 10.1 Å². The van der Waals surface area contributed by atoms with Gasteiger partial charge in [0.2, 0.25) is 0 Å². The van der Waals surface area contributed by atoms with E-state index in [4.69, 9.17) is 4.74 Å². The van der Waals surface area contributed by atoms with Crippen LogP contribution in [0.15, 0.2) is 60.9 Å². The summed E-state index contributed by atoms with van der Waals surface area (Å²) in [6.07, 6.45) is 2.78. The second-order valence-corrected chi connectivity index (χ2v) is 7.83. The van der Waals surface area contributed by atoms with Crippen molar-refractivity contribution in [2.45, 2.75) is 20.8 Å². The molecule has 2 aromatic heterocycles. The average molecular weight is 429 g/mol. The smallest absolute Gasteiger partial charge is 0.435 e. The van der Waals surface area contributed by atoms with E-state index in [1.165, 1.54) is 11.6 Å². The molecule has 0 radical (unpaired) electrons. The molecule has 0 saturated heterocycles. The number of nitrogens with zero attached hydrogens (tertiary/aromatic N) is 4. The molecule has 162 valence electrons. The molecule has 8 heteroatoms. The number of aromatic nitrogens is 4. The number of carbonyl (C=O) groups is 2. The maximum absolute atomic E-state index is 12.3. The van der Waals surface area contributed by atoms with Gasteiger partial charge in [-0.05, 0) is 43.2 Å². The van der Waals surface area contributed by atoms with Crippen LogP contribution in [-0.4, -0.2) is 38.2 Å². The van der Waals surface area contributed by atoms with Gasteiger partial charge >= 0.3 is 6.09 Å². The lowest BCUT2D eigenvalue weighted by Crippen LogP contribution is -2.17. The third kappa shape index (κ3) is 4.64. The van der Waals surface area contributed by atoms with Crippen molar-refractivity contribution in [2.75, 3.05) is 11.9 Å². The quantitative estimate of drug-likeness (QED) is 0.427. The molecule has 4 rings (SSSR count). The zero-order chi connectivity index (χ0) is 22.7. The number of benzene rings is 2. The van der Waals surface area contributed by atoms with Crippen LogP contribution in [0.5, 0.6) is 0 Å². The Kier molecular flexibility index (Phi) is 5.93. The highest BCUT2D eigenvalue weighted by atomic mass is 16.6. The Morgan fingerprint density at radius 1 is 1.12 bits per heavy atom. The monoisotopic (exact) mass is 429 g/mol. The molecule has 0 bridgehead atoms. The van der Waals surface area contributed by atoms with E-state index in [1.54, 1.807) is 36.7 Å². The van der Waals surface area contributed by atoms with Gasteiger partial charge in [-0.2, -0.15) is 9.78 Å². The number of rotatable bonds is 6. The molecule has 0 atom stereocenters. The zero-order valence-electron chi connectivity index (χ0n) is 18.1. The lowest BCUT2D eigenvalue weighted by Gasteiger charge is -2.09. The Balaban J connectivity index is 1.55. The van der Waals surface area contributed by atoms with Crippen LogP contribution in [0.1, 0.15) is 31.1 Å². The fraction of sp³-hybridized carbons (Fsp3) is 0.208. The topological polar surface area (TPSA) is 99.0 Å². The van der Waals surface area contributed by atoms with Gasteiger partial charge in [0.1, 0.15) is 5.82 Å². The Morgan fingerprint density at radius 3 is 2.75 bits per heavy atom. The fourth-order valence-electron chi connectivity index (χ4n) is 3.15. The minimum absolute atomic E-state index is 0.0110. The second kappa shape index (κ2) is 8.97. The van der Waals surface area contributed by atoms with E-state index >= 15 is 0 Å². The van der Waals surface area contributed by atoms with Crippen molar-refractivity contribution < 1.29 is 14.3 Å². The zero-order valence-corrected chi connectivity index (χ0v) is 18.1. The van der Waals surface area contributed by atoms with Crippen LogP contribution in [0.4, 0.5) is 16.3 Å². The Bertz CT molecular complexity index is 1300. The van der Waals surface area contributed by atoms with Crippen LogP contribution in [-0.2, 0) is 4.74 Å². The fourth-order valence-corrected chi connectivity index (χ4v) is 3.15.